The number of benzene rings is 1. The molecule has 1 aromatic rings. The van der Waals surface area contributed by atoms with Crippen LogP contribution in [-0.2, 0) is 4.79 Å². The fourth-order valence-corrected chi connectivity index (χ4v) is 1.88. The highest BCUT2D eigenvalue weighted by Gasteiger charge is 2.25. The Labute approximate surface area is 104 Å². The number of amides is 1. The molecule has 0 saturated heterocycles. The summed E-state index contributed by atoms with van der Waals surface area (Å²) in [6.45, 7) is 0. The molecule has 17 heavy (non-hydrogen) atoms. The lowest BCUT2D eigenvalue weighted by molar-refractivity contribution is -0.122. The van der Waals surface area contributed by atoms with Crippen LogP contribution in [0.15, 0.2) is 18.2 Å². The first-order valence-corrected chi connectivity index (χ1v) is 5.79. The van der Waals surface area contributed by atoms with Gasteiger partial charge in [0.2, 0.25) is 5.91 Å². The summed E-state index contributed by atoms with van der Waals surface area (Å²) in [6.07, 6.45) is 2.91. The molecule has 0 spiro atoms. The highest BCUT2D eigenvalue weighted by molar-refractivity contribution is 6.34. The molecule has 1 amide bonds. The lowest BCUT2D eigenvalue weighted by Crippen LogP contribution is -2.28. The molecule has 0 aromatic heterocycles. The van der Waals surface area contributed by atoms with E-state index in [0.29, 0.717) is 5.69 Å². The fourth-order valence-electron chi connectivity index (χ4n) is 1.65. The maximum Gasteiger partial charge on any atom is 0.335 e. The topological polar surface area (TPSA) is 66.4 Å². The van der Waals surface area contributed by atoms with E-state index in [-0.39, 0.29) is 22.4 Å². The minimum absolute atomic E-state index is 0.0405. The van der Waals surface area contributed by atoms with Crippen molar-refractivity contribution in [2.75, 3.05) is 5.32 Å². The van der Waals surface area contributed by atoms with Crippen molar-refractivity contribution in [1.29, 1.82) is 0 Å². The molecule has 1 aliphatic rings. The van der Waals surface area contributed by atoms with Gasteiger partial charge < -0.3 is 10.4 Å². The summed E-state index contributed by atoms with van der Waals surface area (Å²) in [5.41, 5.74) is 0.574. The first-order chi connectivity index (χ1) is 8.08. The molecule has 4 nitrogen and oxygen atoms in total. The Morgan fingerprint density at radius 3 is 2.53 bits per heavy atom. The largest absolute Gasteiger partial charge is 0.478 e. The molecule has 1 aromatic carbocycles. The molecule has 0 aliphatic heterocycles. The Balaban J connectivity index is 2.10. The average molecular weight is 254 g/mol. The maximum absolute atomic E-state index is 11.7. The summed E-state index contributed by atoms with van der Waals surface area (Å²) >= 11 is 5.91. The van der Waals surface area contributed by atoms with Gasteiger partial charge in [0, 0.05) is 5.92 Å². The van der Waals surface area contributed by atoms with Crippen molar-refractivity contribution in [2.24, 2.45) is 5.92 Å². The van der Waals surface area contributed by atoms with Gasteiger partial charge in [0.25, 0.3) is 0 Å². The number of carbonyl (C=O) groups is 2. The van der Waals surface area contributed by atoms with E-state index >= 15 is 0 Å². The molecule has 2 N–H and O–H groups in total. The fraction of sp³-hybridized carbons (Fsp3) is 0.333. The summed E-state index contributed by atoms with van der Waals surface area (Å²) in [5, 5.41) is 11.7. The minimum Gasteiger partial charge on any atom is -0.478 e. The number of rotatable bonds is 3. The Kier molecular flexibility index (Phi) is 3.33. The highest BCUT2D eigenvalue weighted by atomic mass is 35.5. The second-order valence-corrected chi connectivity index (χ2v) is 4.52. The Morgan fingerprint density at radius 2 is 2.06 bits per heavy atom. The van der Waals surface area contributed by atoms with Crippen LogP contribution in [0, 0.1) is 5.92 Å². The van der Waals surface area contributed by atoms with E-state index in [1.54, 1.807) is 0 Å². The second kappa shape index (κ2) is 4.75. The predicted molar refractivity (Wildman–Crippen MR) is 64.4 cm³/mol. The van der Waals surface area contributed by atoms with E-state index in [2.05, 4.69) is 5.32 Å². The molecule has 0 radical (unpaired) electrons. The van der Waals surface area contributed by atoms with Crippen LogP contribution in [0.4, 0.5) is 5.69 Å². The first kappa shape index (κ1) is 11.9. The SMILES string of the molecule is O=C(O)c1ccc(NC(=O)C2CCC2)c(Cl)c1. The predicted octanol–water partition coefficient (Wildman–Crippen LogP) is 2.78. The van der Waals surface area contributed by atoms with Gasteiger partial charge in [-0.3, -0.25) is 4.79 Å². The van der Waals surface area contributed by atoms with Crippen molar-refractivity contribution in [2.45, 2.75) is 19.3 Å². The van der Waals surface area contributed by atoms with E-state index in [1.165, 1.54) is 18.2 Å². The van der Waals surface area contributed by atoms with Gasteiger partial charge >= 0.3 is 5.97 Å². The zero-order chi connectivity index (χ0) is 12.4. The van der Waals surface area contributed by atoms with Crippen LogP contribution in [-0.4, -0.2) is 17.0 Å². The molecule has 0 unspecified atom stereocenters. The molecular weight excluding hydrogens is 242 g/mol. The molecule has 5 heteroatoms. The first-order valence-electron chi connectivity index (χ1n) is 5.41. The van der Waals surface area contributed by atoms with Crippen LogP contribution in [0.25, 0.3) is 0 Å². The van der Waals surface area contributed by atoms with Crippen molar-refractivity contribution in [3.8, 4) is 0 Å². The molecule has 1 aliphatic carbocycles. The van der Waals surface area contributed by atoms with Crippen LogP contribution in [0.5, 0.6) is 0 Å². The summed E-state index contributed by atoms with van der Waals surface area (Å²) in [5.74, 6) is -1.00. The van der Waals surface area contributed by atoms with Crippen molar-refractivity contribution in [3.05, 3.63) is 28.8 Å². The van der Waals surface area contributed by atoms with Crippen LogP contribution in [0.1, 0.15) is 29.6 Å². The number of anilines is 1. The van der Waals surface area contributed by atoms with E-state index in [9.17, 15) is 9.59 Å². The third-order valence-corrected chi connectivity index (χ3v) is 3.26. The third-order valence-electron chi connectivity index (χ3n) is 2.95. The van der Waals surface area contributed by atoms with Crippen molar-refractivity contribution >= 4 is 29.2 Å². The van der Waals surface area contributed by atoms with Gasteiger partial charge in [0.1, 0.15) is 0 Å². The lowest BCUT2D eigenvalue weighted by Gasteiger charge is -2.24. The van der Waals surface area contributed by atoms with Gasteiger partial charge in [0.15, 0.2) is 0 Å². The normalized spacial score (nSPS) is 15.1. The van der Waals surface area contributed by atoms with Crippen molar-refractivity contribution in [1.82, 2.24) is 0 Å². The van der Waals surface area contributed by atoms with Crippen LogP contribution in [0.3, 0.4) is 0 Å². The number of hydrogen-bond acceptors (Lipinski definition) is 2. The van der Waals surface area contributed by atoms with E-state index < -0.39 is 5.97 Å². The Bertz CT molecular complexity index is 469. The van der Waals surface area contributed by atoms with Gasteiger partial charge in [0.05, 0.1) is 16.3 Å². The quantitative estimate of drug-likeness (QED) is 0.870. The van der Waals surface area contributed by atoms with E-state index in [0.717, 1.165) is 19.3 Å². The molecule has 0 bridgehead atoms. The minimum atomic E-state index is -1.04. The average Bonchev–Trinajstić information content (AvgIpc) is 2.18. The lowest BCUT2D eigenvalue weighted by atomic mass is 9.85. The zero-order valence-corrected chi connectivity index (χ0v) is 9.83. The second-order valence-electron chi connectivity index (χ2n) is 4.12. The summed E-state index contributed by atoms with van der Waals surface area (Å²) in [4.78, 5) is 22.4. The third kappa shape index (κ3) is 2.58. The number of carboxylic acids is 1. The zero-order valence-electron chi connectivity index (χ0n) is 9.07. The molecular formula is C12H12ClNO3. The Hall–Kier alpha value is -1.55. The molecule has 0 atom stereocenters. The molecule has 1 fully saturated rings. The summed E-state index contributed by atoms with van der Waals surface area (Å²) < 4.78 is 0. The van der Waals surface area contributed by atoms with Crippen molar-refractivity contribution in [3.63, 3.8) is 0 Å². The van der Waals surface area contributed by atoms with Gasteiger partial charge in [-0.25, -0.2) is 4.79 Å². The maximum atomic E-state index is 11.7. The number of carboxylic acid groups (broad SMARTS) is 1. The summed E-state index contributed by atoms with van der Waals surface area (Å²) in [7, 11) is 0. The van der Waals surface area contributed by atoms with Gasteiger partial charge in [-0.15, -0.1) is 0 Å². The van der Waals surface area contributed by atoms with Gasteiger partial charge in [-0.1, -0.05) is 18.0 Å². The van der Waals surface area contributed by atoms with Gasteiger partial charge in [-0.2, -0.15) is 0 Å². The molecule has 2 rings (SSSR count). The smallest absolute Gasteiger partial charge is 0.335 e. The van der Waals surface area contributed by atoms with Crippen molar-refractivity contribution < 1.29 is 14.7 Å². The highest BCUT2D eigenvalue weighted by Crippen LogP contribution is 2.29. The summed E-state index contributed by atoms with van der Waals surface area (Å²) in [6, 6.07) is 4.27. The van der Waals surface area contributed by atoms with Crippen LogP contribution in [0.2, 0.25) is 5.02 Å². The molecule has 1 saturated carbocycles. The number of halogens is 1. The van der Waals surface area contributed by atoms with Crippen LogP contribution >= 0.6 is 11.6 Å². The number of carbonyl (C=O) groups excluding carboxylic acids is 1. The number of aromatic carboxylic acids is 1. The number of nitrogens with one attached hydrogen (secondary N) is 1. The molecule has 0 heterocycles. The van der Waals surface area contributed by atoms with E-state index in [1.807, 2.05) is 0 Å². The monoisotopic (exact) mass is 253 g/mol. The Morgan fingerprint density at radius 1 is 1.35 bits per heavy atom. The van der Waals surface area contributed by atoms with E-state index in [4.69, 9.17) is 16.7 Å². The molecule has 90 valence electrons. The standard InChI is InChI=1S/C12H12ClNO3/c13-9-6-8(12(16)17)4-5-10(9)14-11(15)7-2-1-3-7/h4-7H,1-3H2,(H,14,15)(H,16,17). The van der Waals surface area contributed by atoms with Gasteiger partial charge in [-0.05, 0) is 31.0 Å². The van der Waals surface area contributed by atoms with Crippen LogP contribution < -0.4 is 5.32 Å². The number of hydrogen-bond donors (Lipinski definition) is 2.